The van der Waals surface area contributed by atoms with Crippen LogP contribution in [0.15, 0.2) is 81.6 Å². The standard InChI is InChI=1S/C26H25N9O3/c1-17-4-9-20(14-21(17)30-24-28-12-10-22(31-24)34-13-3-11-27-16-34)29-23(36)19-7-5-18(6-8-19)15-35-25(37)32-33(2)26(35)38/h3-14H,15-16H2,1-2H3,(H,29,36)(H,32,37)(H,28,30,31). The number of aliphatic imine (C=N–C) groups is 1. The molecule has 0 saturated carbocycles. The van der Waals surface area contributed by atoms with Crippen molar-refractivity contribution in [1.29, 1.82) is 0 Å². The van der Waals surface area contributed by atoms with Crippen LogP contribution < -0.4 is 26.9 Å². The first-order valence-corrected chi connectivity index (χ1v) is 11.8. The van der Waals surface area contributed by atoms with Crippen LogP contribution in [0.3, 0.4) is 0 Å². The third-order valence-corrected chi connectivity index (χ3v) is 5.95. The quantitative estimate of drug-likeness (QED) is 0.346. The Morgan fingerprint density at radius 3 is 2.63 bits per heavy atom. The Balaban J connectivity index is 1.27. The van der Waals surface area contributed by atoms with Crippen molar-refractivity contribution in [1.82, 2.24) is 24.3 Å². The van der Waals surface area contributed by atoms with E-state index in [0.29, 0.717) is 29.7 Å². The highest BCUT2D eigenvalue weighted by Crippen LogP contribution is 2.24. The number of anilines is 4. The summed E-state index contributed by atoms with van der Waals surface area (Å²) in [5, 5.41) is 8.54. The molecule has 1 aliphatic heterocycles. The number of nitrogens with one attached hydrogen (secondary N) is 3. The monoisotopic (exact) mass is 511 g/mol. The molecule has 5 rings (SSSR count). The van der Waals surface area contributed by atoms with E-state index in [0.717, 1.165) is 26.1 Å². The van der Waals surface area contributed by atoms with Crippen LogP contribution in [0, 0.1) is 6.92 Å². The van der Waals surface area contributed by atoms with E-state index in [2.05, 4.69) is 30.7 Å². The third kappa shape index (κ3) is 5.28. The number of nitrogens with zero attached hydrogens (tertiary/aromatic N) is 6. The number of amides is 1. The fraction of sp³-hybridized carbons (Fsp3) is 0.154. The first-order valence-electron chi connectivity index (χ1n) is 11.8. The zero-order chi connectivity index (χ0) is 26.6. The van der Waals surface area contributed by atoms with Gasteiger partial charge in [0.15, 0.2) is 0 Å². The smallest absolute Gasteiger partial charge is 0.324 e. The molecule has 38 heavy (non-hydrogen) atoms. The van der Waals surface area contributed by atoms with Crippen molar-refractivity contribution in [3.8, 4) is 0 Å². The molecule has 0 spiro atoms. The van der Waals surface area contributed by atoms with Crippen LogP contribution in [0.2, 0.25) is 0 Å². The molecule has 0 fully saturated rings. The molecular formula is C26H25N9O3. The molecule has 0 atom stereocenters. The van der Waals surface area contributed by atoms with Crippen LogP contribution in [-0.2, 0) is 13.6 Å². The summed E-state index contributed by atoms with van der Waals surface area (Å²) in [4.78, 5) is 51.8. The minimum atomic E-state index is -0.488. The van der Waals surface area contributed by atoms with Gasteiger partial charge in [-0.3, -0.25) is 9.79 Å². The van der Waals surface area contributed by atoms with Crippen molar-refractivity contribution in [2.75, 3.05) is 22.2 Å². The number of H-pyrrole nitrogens is 1. The van der Waals surface area contributed by atoms with Crippen LogP contribution >= 0.6 is 0 Å². The molecule has 0 radical (unpaired) electrons. The number of aromatic nitrogens is 5. The van der Waals surface area contributed by atoms with Gasteiger partial charge in [-0.15, -0.1) is 0 Å². The predicted molar refractivity (Wildman–Crippen MR) is 145 cm³/mol. The number of carbonyl (C=O) groups is 1. The fourth-order valence-electron chi connectivity index (χ4n) is 3.86. The lowest BCUT2D eigenvalue weighted by Gasteiger charge is -2.19. The van der Waals surface area contributed by atoms with Crippen LogP contribution in [-0.4, -0.2) is 43.1 Å². The van der Waals surface area contributed by atoms with E-state index in [1.54, 1.807) is 42.7 Å². The maximum atomic E-state index is 12.9. The van der Waals surface area contributed by atoms with E-state index in [9.17, 15) is 14.4 Å². The molecule has 0 bridgehead atoms. The zero-order valence-corrected chi connectivity index (χ0v) is 20.8. The first-order chi connectivity index (χ1) is 18.4. The van der Waals surface area contributed by atoms with E-state index < -0.39 is 11.4 Å². The fourth-order valence-corrected chi connectivity index (χ4v) is 3.86. The molecule has 0 saturated heterocycles. The van der Waals surface area contributed by atoms with Gasteiger partial charge in [0.05, 0.1) is 6.54 Å². The number of rotatable bonds is 7. The van der Waals surface area contributed by atoms with Gasteiger partial charge >= 0.3 is 11.4 Å². The number of hydrogen-bond donors (Lipinski definition) is 3. The van der Waals surface area contributed by atoms with Crippen molar-refractivity contribution < 1.29 is 4.79 Å². The van der Waals surface area contributed by atoms with Gasteiger partial charge < -0.3 is 15.5 Å². The number of carbonyl (C=O) groups excluding carboxylic acids is 1. The minimum absolute atomic E-state index is 0.106. The highest BCUT2D eigenvalue weighted by molar-refractivity contribution is 6.04. The Bertz CT molecular complexity index is 1660. The summed E-state index contributed by atoms with van der Waals surface area (Å²) in [5.41, 5.74) is 2.53. The molecule has 2 aromatic heterocycles. The van der Waals surface area contributed by atoms with Crippen LogP contribution in [0.1, 0.15) is 21.5 Å². The molecule has 0 unspecified atom stereocenters. The van der Waals surface area contributed by atoms with E-state index in [1.165, 1.54) is 7.05 Å². The van der Waals surface area contributed by atoms with Crippen molar-refractivity contribution in [3.63, 3.8) is 0 Å². The Morgan fingerprint density at radius 2 is 1.92 bits per heavy atom. The van der Waals surface area contributed by atoms with Crippen LogP contribution in [0.4, 0.5) is 23.1 Å². The van der Waals surface area contributed by atoms with Crippen molar-refractivity contribution in [3.05, 3.63) is 105 Å². The number of benzene rings is 2. The first kappa shape index (κ1) is 24.4. The SMILES string of the molecule is Cc1ccc(NC(=O)c2ccc(Cn3c(=O)[nH]n(C)c3=O)cc2)cc1Nc1nccc(N2C=CC=NC2)n1. The largest absolute Gasteiger partial charge is 0.346 e. The van der Waals surface area contributed by atoms with Gasteiger partial charge in [-0.25, -0.2) is 28.9 Å². The summed E-state index contributed by atoms with van der Waals surface area (Å²) in [5.74, 6) is 0.837. The molecule has 1 aliphatic rings. The summed E-state index contributed by atoms with van der Waals surface area (Å²) >= 11 is 0. The topological polar surface area (TPSA) is 142 Å². The second-order valence-corrected chi connectivity index (χ2v) is 8.67. The number of aryl methyl sites for hydroxylation is 2. The molecule has 192 valence electrons. The van der Waals surface area contributed by atoms with Crippen molar-refractivity contribution in [2.24, 2.45) is 12.0 Å². The third-order valence-electron chi connectivity index (χ3n) is 5.95. The van der Waals surface area contributed by atoms with Gasteiger partial charge in [0.1, 0.15) is 12.5 Å². The molecule has 3 heterocycles. The van der Waals surface area contributed by atoms with Crippen LogP contribution in [0.25, 0.3) is 0 Å². The van der Waals surface area contributed by atoms with Gasteiger partial charge in [-0.05, 0) is 54.5 Å². The second-order valence-electron chi connectivity index (χ2n) is 8.67. The van der Waals surface area contributed by atoms with E-state index >= 15 is 0 Å². The molecule has 12 nitrogen and oxygen atoms in total. The van der Waals surface area contributed by atoms with Gasteiger partial charge in [0.2, 0.25) is 5.95 Å². The van der Waals surface area contributed by atoms with Gasteiger partial charge in [0, 0.05) is 42.6 Å². The normalized spacial score (nSPS) is 12.5. The number of hydrogen-bond acceptors (Lipinski definition) is 8. The van der Waals surface area contributed by atoms with Crippen molar-refractivity contribution >= 4 is 35.3 Å². The molecular weight excluding hydrogens is 486 g/mol. The van der Waals surface area contributed by atoms with Crippen molar-refractivity contribution in [2.45, 2.75) is 13.5 Å². The maximum absolute atomic E-state index is 12.9. The molecule has 12 heteroatoms. The summed E-state index contributed by atoms with van der Waals surface area (Å²) in [6.45, 7) is 2.54. The maximum Gasteiger partial charge on any atom is 0.346 e. The predicted octanol–water partition coefficient (Wildman–Crippen LogP) is 2.38. The Hall–Kier alpha value is -5.26. The highest BCUT2D eigenvalue weighted by Gasteiger charge is 2.12. The summed E-state index contributed by atoms with van der Waals surface area (Å²) in [6.07, 6.45) is 7.15. The van der Waals surface area contributed by atoms with E-state index in [1.807, 2.05) is 42.3 Å². The Labute approximate surface area is 217 Å². The summed E-state index contributed by atoms with van der Waals surface area (Å²) in [7, 11) is 1.48. The molecule has 4 aromatic rings. The van der Waals surface area contributed by atoms with Gasteiger partial charge in [-0.1, -0.05) is 18.2 Å². The number of allylic oxidation sites excluding steroid dienone is 1. The van der Waals surface area contributed by atoms with E-state index in [-0.39, 0.29) is 12.5 Å². The van der Waals surface area contributed by atoms with E-state index in [4.69, 9.17) is 0 Å². The number of aromatic amines is 1. The van der Waals surface area contributed by atoms with Crippen LogP contribution in [0.5, 0.6) is 0 Å². The van der Waals surface area contributed by atoms with Gasteiger partial charge in [-0.2, -0.15) is 4.98 Å². The summed E-state index contributed by atoms with van der Waals surface area (Å²) in [6, 6.07) is 14.1. The summed E-state index contributed by atoms with van der Waals surface area (Å²) < 4.78 is 2.21. The average Bonchev–Trinajstić information content (AvgIpc) is 3.17. The second kappa shape index (κ2) is 10.4. The van der Waals surface area contributed by atoms with Gasteiger partial charge in [0.25, 0.3) is 5.91 Å². The molecule has 3 N–H and O–H groups in total. The lowest BCUT2D eigenvalue weighted by molar-refractivity contribution is 0.102. The highest BCUT2D eigenvalue weighted by atomic mass is 16.2. The average molecular weight is 512 g/mol. The Morgan fingerprint density at radius 1 is 1.11 bits per heavy atom. The lowest BCUT2D eigenvalue weighted by atomic mass is 10.1. The molecule has 2 aromatic carbocycles. The Kier molecular flexibility index (Phi) is 6.68. The zero-order valence-electron chi connectivity index (χ0n) is 20.8. The molecule has 0 aliphatic carbocycles. The lowest BCUT2D eigenvalue weighted by Crippen LogP contribution is -2.28. The minimum Gasteiger partial charge on any atom is -0.324 e. The molecule has 1 amide bonds.